The molecule has 0 aromatic heterocycles. The highest BCUT2D eigenvalue weighted by Gasteiger charge is 1.75. The quantitative estimate of drug-likeness (QED) is 0.553. The molecular formula is C12H21N. The second-order valence-corrected chi connectivity index (χ2v) is 3.12. The van der Waals surface area contributed by atoms with E-state index in [1.54, 1.807) is 0 Å². The fourth-order valence-corrected chi connectivity index (χ4v) is 0.953. The Morgan fingerprint density at radius 1 is 0.923 bits per heavy atom. The highest BCUT2D eigenvalue weighted by Crippen LogP contribution is 1.96. The zero-order valence-corrected chi connectivity index (χ0v) is 8.79. The normalized spacial score (nSPS) is 8.77. The highest BCUT2D eigenvalue weighted by atomic mass is 14.5. The molecule has 0 unspecified atom stereocenters. The number of nitrogens with two attached hydrogens (primary N) is 1. The lowest BCUT2D eigenvalue weighted by Gasteiger charge is -1.86. The molecule has 1 rings (SSSR count). The number of benzene rings is 1. The van der Waals surface area contributed by atoms with E-state index in [0.29, 0.717) is 0 Å². The molecule has 1 nitrogen and oxygen atoms in total. The number of unbranched alkanes of at least 4 members (excludes halogenated alkanes) is 3. The first-order valence-electron chi connectivity index (χ1n) is 5.11. The van der Waals surface area contributed by atoms with Crippen molar-refractivity contribution in [3.8, 4) is 0 Å². The first kappa shape index (κ1) is 12.0. The summed E-state index contributed by atoms with van der Waals surface area (Å²) >= 11 is 0. The van der Waals surface area contributed by atoms with Crippen LogP contribution in [-0.2, 0) is 0 Å². The fraction of sp³-hybridized carbons (Fsp3) is 0.500. The van der Waals surface area contributed by atoms with Crippen LogP contribution < -0.4 is 5.73 Å². The fourth-order valence-electron chi connectivity index (χ4n) is 0.953. The van der Waals surface area contributed by atoms with E-state index in [0.717, 1.165) is 5.69 Å². The summed E-state index contributed by atoms with van der Waals surface area (Å²) in [5.41, 5.74) is 6.18. The third-order valence-electron chi connectivity index (χ3n) is 1.76. The van der Waals surface area contributed by atoms with E-state index >= 15 is 0 Å². The van der Waals surface area contributed by atoms with Gasteiger partial charge in [0.25, 0.3) is 0 Å². The average Bonchev–Trinajstić information content (AvgIpc) is 2.17. The molecule has 0 saturated heterocycles. The Balaban J connectivity index is 0.000000226. The van der Waals surface area contributed by atoms with E-state index in [4.69, 9.17) is 5.73 Å². The van der Waals surface area contributed by atoms with Crippen molar-refractivity contribution in [1.29, 1.82) is 0 Å². The minimum Gasteiger partial charge on any atom is -0.399 e. The van der Waals surface area contributed by atoms with Gasteiger partial charge in [-0.3, -0.25) is 0 Å². The summed E-state index contributed by atoms with van der Waals surface area (Å²) in [6.45, 7) is 4.46. The number of anilines is 1. The Labute approximate surface area is 82.0 Å². The summed E-state index contributed by atoms with van der Waals surface area (Å²) in [6.07, 6.45) is 5.54. The van der Waals surface area contributed by atoms with Gasteiger partial charge in [0, 0.05) is 5.69 Å². The second kappa shape index (κ2) is 9.11. The Hall–Kier alpha value is -0.980. The number of para-hydroxylation sites is 1. The summed E-state index contributed by atoms with van der Waals surface area (Å²) in [6, 6.07) is 9.49. The summed E-state index contributed by atoms with van der Waals surface area (Å²) in [7, 11) is 0. The average molecular weight is 179 g/mol. The van der Waals surface area contributed by atoms with E-state index < -0.39 is 0 Å². The van der Waals surface area contributed by atoms with Gasteiger partial charge in [0.05, 0.1) is 0 Å². The van der Waals surface area contributed by atoms with Gasteiger partial charge in [0.2, 0.25) is 0 Å². The van der Waals surface area contributed by atoms with Gasteiger partial charge >= 0.3 is 0 Å². The molecule has 0 saturated carbocycles. The van der Waals surface area contributed by atoms with Crippen molar-refractivity contribution in [3.63, 3.8) is 0 Å². The number of rotatable bonds is 3. The molecule has 1 heteroatoms. The third-order valence-corrected chi connectivity index (χ3v) is 1.76. The second-order valence-electron chi connectivity index (χ2n) is 3.12. The van der Waals surface area contributed by atoms with Crippen LogP contribution in [-0.4, -0.2) is 0 Å². The number of hydrogen-bond donors (Lipinski definition) is 1. The maximum absolute atomic E-state index is 5.36. The van der Waals surface area contributed by atoms with Gasteiger partial charge < -0.3 is 5.73 Å². The van der Waals surface area contributed by atoms with Crippen LogP contribution in [0.25, 0.3) is 0 Å². The molecule has 0 aliphatic carbocycles. The van der Waals surface area contributed by atoms with Crippen molar-refractivity contribution in [2.24, 2.45) is 0 Å². The van der Waals surface area contributed by atoms with E-state index in [-0.39, 0.29) is 0 Å². The van der Waals surface area contributed by atoms with Crippen LogP contribution in [0.1, 0.15) is 39.5 Å². The van der Waals surface area contributed by atoms with Crippen LogP contribution in [0.4, 0.5) is 5.69 Å². The molecule has 0 amide bonds. The van der Waals surface area contributed by atoms with E-state index in [2.05, 4.69) is 13.8 Å². The third kappa shape index (κ3) is 8.93. The first-order valence-corrected chi connectivity index (χ1v) is 5.11. The van der Waals surface area contributed by atoms with Crippen molar-refractivity contribution in [1.82, 2.24) is 0 Å². The Morgan fingerprint density at radius 2 is 1.38 bits per heavy atom. The predicted octanol–water partition coefficient (Wildman–Crippen LogP) is 3.86. The molecule has 0 atom stereocenters. The van der Waals surface area contributed by atoms with E-state index in [9.17, 15) is 0 Å². The molecule has 1 aromatic carbocycles. The van der Waals surface area contributed by atoms with Gasteiger partial charge in [-0.15, -0.1) is 0 Å². The smallest absolute Gasteiger partial charge is 0.0313 e. The molecule has 0 fully saturated rings. The lowest BCUT2D eigenvalue weighted by molar-refractivity contribution is 0.702. The van der Waals surface area contributed by atoms with E-state index in [1.165, 1.54) is 25.7 Å². The van der Waals surface area contributed by atoms with Gasteiger partial charge in [0.15, 0.2) is 0 Å². The standard InChI is InChI=1S/C6H7N.C6H14/c7-6-4-2-1-3-5-6;1-3-5-6-4-2/h1-5H,7H2;3-6H2,1-2H3. The van der Waals surface area contributed by atoms with Crippen LogP contribution in [0.5, 0.6) is 0 Å². The molecular weight excluding hydrogens is 158 g/mol. The molecule has 0 aliphatic rings. The minimum absolute atomic E-state index is 0.822. The molecule has 13 heavy (non-hydrogen) atoms. The Bertz CT molecular complexity index is 178. The zero-order valence-electron chi connectivity index (χ0n) is 8.79. The lowest BCUT2D eigenvalue weighted by Crippen LogP contribution is -1.79. The number of nitrogen functional groups attached to an aromatic ring is 1. The lowest BCUT2D eigenvalue weighted by atomic mass is 10.2. The minimum atomic E-state index is 0.822. The van der Waals surface area contributed by atoms with Crippen molar-refractivity contribution >= 4 is 5.69 Å². The van der Waals surface area contributed by atoms with Gasteiger partial charge in [-0.25, -0.2) is 0 Å². The summed E-state index contributed by atoms with van der Waals surface area (Å²) in [4.78, 5) is 0. The van der Waals surface area contributed by atoms with Crippen LogP contribution in [0.2, 0.25) is 0 Å². The molecule has 2 N–H and O–H groups in total. The first-order chi connectivity index (χ1) is 6.31. The van der Waals surface area contributed by atoms with Gasteiger partial charge in [-0.05, 0) is 12.1 Å². The summed E-state index contributed by atoms with van der Waals surface area (Å²) in [5.74, 6) is 0. The van der Waals surface area contributed by atoms with Crippen LogP contribution in [0.15, 0.2) is 30.3 Å². The van der Waals surface area contributed by atoms with Crippen LogP contribution >= 0.6 is 0 Å². The van der Waals surface area contributed by atoms with E-state index in [1.807, 2.05) is 30.3 Å². The van der Waals surface area contributed by atoms with Crippen LogP contribution in [0.3, 0.4) is 0 Å². The van der Waals surface area contributed by atoms with Crippen molar-refractivity contribution in [3.05, 3.63) is 30.3 Å². The summed E-state index contributed by atoms with van der Waals surface area (Å²) < 4.78 is 0. The SMILES string of the molecule is CCCCCC.Nc1ccccc1. The molecule has 0 radical (unpaired) electrons. The van der Waals surface area contributed by atoms with Crippen molar-refractivity contribution < 1.29 is 0 Å². The maximum atomic E-state index is 5.36. The van der Waals surface area contributed by atoms with Gasteiger partial charge in [-0.2, -0.15) is 0 Å². The monoisotopic (exact) mass is 179 g/mol. The molecule has 0 heterocycles. The number of hydrogen-bond acceptors (Lipinski definition) is 1. The topological polar surface area (TPSA) is 26.0 Å². The summed E-state index contributed by atoms with van der Waals surface area (Å²) in [5, 5.41) is 0. The predicted molar refractivity (Wildman–Crippen MR) is 60.7 cm³/mol. The molecule has 1 aromatic rings. The Morgan fingerprint density at radius 3 is 1.62 bits per heavy atom. The van der Waals surface area contributed by atoms with Gasteiger partial charge in [-0.1, -0.05) is 57.7 Å². The zero-order chi connectivity index (χ0) is 9.94. The van der Waals surface area contributed by atoms with Crippen LogP contribution in [0, 0.1) is 0 Å². The van der Waals surface area contributed by atoms with Crippen molar-refractivity contribution in [2.45, 2.75) is 39.5 Å². The van der Waals surface area contributed by atoms with Crippen molar-refractivity contribution in [2.75, 3.05) is 5.73 Å². The largest absolute Gasteiger partial charge is 0.399 e. The van der Waals surface area contributed by atoms with Gasteiger partial charge in [0.1, 0.15) is 0 Å². The maximum Gasteiger partial charge on any atom is 0.0313 e. The molecule has 0 aliphatic heterocycles. The highest BCUT2D eigenvalue weighted by molar-refractivity contribution is 5.35. The molecule has 74 valence electrons. The molecule has 0 spiro atoms. The molecule has 0 bridgehead atoms. The Kier molecular flexibility index (Phi) is 8.42.